The molecule has 0 saturated carbocycles. The molecule has 1 unspecified atom stereocenters. The van der Waals surface area contributed by atoms with E-state index >= 15 is 0 Å². The number of hydrogen-bond acceptors (Lipinski definition) is 3. The molecule has 19 heavy (non-hydrogen) atoms. The van der Waals surface area contributed by atoms with E-state index in [-0.39, 0.29) is 11.7 Å². The maximum atomic E-state index is 12.4. The molecule has 1 fully saturated rings. The minimum absolute atomic E-state index is 0.0394. The average Bonchev–Trinajstić information content (AvgIpc) is 2.46. The number of ether oxygens (including phenoxy) is 1. The molecule has 4 heteroatoms. The zero-order valence-electron chi connectivity index (χ0n) is 11.4. The number of carbonyl (C=O) groups is 2. The molecule has 1 atom stereocenters. The normalized spacial score (nSPS) is 19.4. The summed E-state index contributed by atoms with van der Waals surface area (Å²) in [5.41, 5.74) is 0.804. The van der Waals surface area contributed by atoms with E-state index in [9.17, 15) is 9.59 Å². The van der Waals surface area contributed by atoms with E-state index < -0.39 is 5.92 Å². The van der Waals surface area contributed by atoms with Crippen LogP contribution in [0.4, 0.5) is 5.69 Å². The van der Waals surface area contributed by atoms with Gasteiger partial charge >= 0.3 is 0 Å². The summed E-state index contributed by atoms with van der Waals surface area (Å²) >= 11 is 0. The summed E-state index contributed by atoms with van der Waals surface area (Å²) in [7, 11) is 1.60. The minimum Gasteiger partial charge on any atom is -0.497 e. The molecular weight excluding hydrogens is 242 g/mol. The fraction of sp³-hybridized carbons (Fsp3) is 0.467. The van der Waals surface area contributed by atoms with Crippen LogP contribution in [0.2, 0.25) is 0 Å². The van der Waals surface area contributed by atoms with Crippen molar-refractivity contribution in [3.63, 3.8) is 0 Å². The highest BCUT2D eigenvalue weighted by atomic mass is 16.5. The molecule has 1 aromatic carbocycles. The Morgan fingerprint density at radius 2 is 2.26 bits per heavy atom. The predicted molar refractivity (Wildman–Crippen MR) is 73.4 cm³/mol. The highest BCUT2D eigenvalue weighted by Crippen LogP contribution is 2.28. The lowest BCUT2D eigenvalue weighted by molar-refractivity contribution is -0.133. The molecule has 0 N–H and O–H groups in total. The van der Waals surface area contributed by atoms with Crippen molar-refractivity contribution in [1.29, 1.82) is 0 Å². The number of Topliss-reactive ketones (excluding diaryl/α,β-unsaturated/α-hetero) is 1. The summed E-state index contributed by atoms with van der Waals surface area (Å²) in [6.45, 7) is 2.47. The molecular formula is C15H19NO3. The van der Waals surface area contributed by atoms with Crippen molar-refractivity contribution in [2.75, 3.05) is 18.6 Å². The number of methoxy groups -OCH3 is 1. The number of carbonyl (C=O) groups excluding carboxylic acids is 2. The van der Waals surface area contributed by atoms with E-state index in [0.717, 1.165) is 12.1 Å². The Morgan fingerprint density at radius 1 is 1.47 bits per heavy atom. The molecule has 1 aliphatic rings. The van der Waals surface area contributed by atoms with Crippen molar-refractivity contribution in [3.8, 4) is 5.75 Å². The highest BCUT2D eigenvalue weighted by Gasteiger charge is 2.33. The fourth-order valence-corrected chi connectivity index (χ4v) is 2.46. The Bertz CT molecular complexity index is 484. The molecule has 0 aliphatic carbocycles. The van der Waals surface area contributed by atoms with E-state index in [1.807, 2.05) is 24.3 Å². The van der Waals surface area contributed by atoms with Gasteiger partial charge in [-0.05, 0) is 25.0 Å². The Hall–Kier alpha value is -1.84. The van der Waals surface area contributed by atoms with E-state index in [1.54, 1.807) is 18.9 Å². The molecule has 4 nitrogen and oxygen atoms in total. The Balaban J connectivity index is 2.23. The van der Waals surface area contributed by atoms with Gasteiger partial charge in [-0.25, -0.2) is 0 Å². The zero-order valence-corrected chi connectivity index (χ0v) is 11.4. The first-order chi connectivity index (χ1) is 9.17. The summed E-state index contributed by atoms with van der Waals surface area (Å²) < 4.78 is 5.17. The van der Waals surface area contributed by atoms with Gasteiger partial charge in [-0.15, -0.1) is 0 Å². The molecule has 0 aromatic heterocycles. The van der Waals surface area contributed by atoms with Crippen LogP contribution in [0.25, 0.3) is 0 Å². The van der Waals surface area contributed by atoms with Crippen LogP contribution in [0.1, 0.15) is 26.2 Å². The smallest absolute Gasteiger partial charge is 0.237 e. The summed E-state index contributed by atoms with van der Waals surface area (Å²) in [5.74, 6) is 0.211. The quantitative estimate of drug-likeness (QED) is 0.782. The molecule has 2 rings (SSSR count). The van der Waals surface area contributed by atoms with Gasteiger partial charge in [0, 0.05) is 24.7 Å². The van der Waals surface area contributed by atoms with E-state index in [4.69, 9.17) is 4.74 Å². The summed E-state index contributed by atoms with van der Waals surface area (Å²) in [6.07, 6.45) is 1.95. The van der Waals surface area contributed by atoms with Crippen LogP contribution >= 0.6 is 0 Å². The third kappa shape index (κ3) is 2.78. The van der Waals surface area contributed by atoms with Crippen molar-refractivity contribution in [2.24, 2.45) is 5.92 Å². The van der Waals surface area contributed by atoms with Crippen molar-refractivity contribution in [2.45, 2.75) is 26.2 Å². The van der Waals surface area contributed by atoms with Crippen LogP contribution in [-0.4, -0.2) is 25.3 Å². The van der Waals surface area contributed by atoms with Gasteiger partial charge in [0.15, 0.2) is 0 Å². The van der Waals surface area contributed by atoms with Crippen LogP contribution in [0.15, 0.2) is 24.3 Å². The molecule has 1 saturated heterocycles. The molecule has 1 aromatic rings. The lowest BCUT2D eigenvalue weighted by atomic mass is 9.91. The van der Waals surface area contributed by atoms with Gasteiger partial charge in [-0.2, -0.15) is 0 Å². The van der Waals surface area contributed by atoms with Crippen LogP contribution < -0.4 is 9.64 Å². The van der Waals surface area contributed by atoms with Gasteiger partial charge < -0.3 is 9.64 Å². The van der Waals surface area contributed by atoms with Gasteiger partial charge in [-0.3, -0.25) is 9.59 Å². The monoisotopic (exact) mass is 261 g/mol. The first-order valence-corrected chi connectivity index (χ1v) is 6.65. The number of hydrogen-bond donors (Lipinski definition) is 0. The van der Waals surface area contributed by atoms with Crippen molar-refractivity contribution >= 4 is 17.4 Å². The summed E-state index contributed by atoms with van der Waals surface area (Å²) in [6, 6.07) is 7.40. The second-order valence-corrected chi connectivity index (χ2v) is 4.71. The fourth-order valence-electron chi connectivity index (χ4n) is 2.46. The maximum Gasteiger partial charge on any atom is 0.237 e. The largest absolute Gasteiger partial charge is 0.497 e. The molecule has 0 spiro atoms. The highest BCUT2D eigenvalue weighted by molar-refractivity contribution is 6.08. The molecule has 1 heterocycles. The second-order valence-electron chi connectivity index (χ2n) is 4.71. The zero-order chi connectivity index (χ0) is 13.8. The van der Waals surface area contributed by atoms with Gasteiger partial charge in [0.05, 0.1) is 13.0 Å². The third-order valence-corrected chi connectivity index (χ3v) is 3.54. The van der Waals surface area contributed by atoms with Crippen molar-refractivity contribution in [1.82, 2.24) is 0 Å². The second kappa shape index (κ2) is 5.87. The molecule has 1 amide bonds. The molecule has 1 aliphatic heterocycles. The standard InChI is InChI=1S/C15H19NO3/c1-3-14(17)13-8-5-9-16(15(13)18)11-6-4-7-12(10-11)19-2/h4,6-7,10,13H,3,5,8-9H2,1-2H3. The number of amides is 1. The number of anilines is 1. The molecule has 0 bridgehead atoms. The Labute approximate surface area is 113 Å². The number of nitrogens with zero attached hydrogens (tertiary/aromatic N) is 1. The van der Waals surface area contributed by atoms with E-state index in [2.05, 4.69) is 0 Å². The number of piperidine rings is 1. The van der Waals surface area contributed by atoms with Gasteiger partial charge in [0.25, 0.3) is 0 Å². The molecule has 102 valence electrons. The number of rotatable bonds is 4. The van der Waals surface area contributed by atoms with Gasteiger partial charge in [0.2, 0.25) is 5.91 Å². The number of ketones is 1. The van der Waals surface area contributed by atoms with Crippen molar-refractivity contribution in [3.05, 3.63) is 24.3 Å². The van der Waals surface area contributed by atoms with Gasteiger partial charge in [0.1, 0.15) is 11.5 Å². The first-order valence-electron chi connectivity index (χ1n) is 6.65. The Kier molecular flexibility index (Phi) is 4.20. The van der Waals surface area contributed by atoms with Crippen LogP contribution in [-0.2, 0) is 9.59 Å². The molecule has 0 radical (unpaired) electrons. The van der Waals surface area contributed by atoms with Crippen LogP contribution in [0, 0.1) is 5.92 Å². The topological polar surface area (TPSA) is 46.6 Å². The van der Waals surface area contributed by atoms with Crippen molar-refractivity contribution < 1.29 is 14.3 Å². The maximum absolute atomic E-state index is 12.4. The van der Waals surface area contributed by atoms with Gasteiger partial charge in [-0.1, -0.05) is 13.0 Å². The van der Waals surface area contributed by atoms with E-state index in [1.165, 1.54) is 0 Å². The van der Waals surface area contributed by atoms with Crippen LogP contribution in [0.3, 0.4) is 0 Å². The minimum atomic E-state index is -0.468. The predicted octanol–water partition coefficient (Wildman–Crippen LogP) is 2.42. The third-order valence-electron chi connectivity index (χ3n) is 3.54. The lowest BCUT2D eigenvalue weighted by Crippen LogP contribution is -2.44. The lowest BCUT2D eigenvalue weighted by Gasteiger charge is -2.31. The number of benzene rings is 1. The van der Waals surface area contributed by atoms with Crippen LogP contribution in [0.5, 0.6) is 5.75 Å². The average molecular weight is 261 g/mol. The SMILES string of the molecule is CCC(=O)C1CCCN(c2cccc(OC)c2)C1=O. The Morgan fingerprint density at radius 3 is 2.95 bits per heavy atom. The first kappa shape index (κ1) is 13.6. The van der Waals surface area contributed by atoms with E-state index in [0.29, 0.717) is 25.1 Å². The summed E-state index contributed by atoms with van der Waals surface area (Å²) in [4.78, 5) is 25.9. The summed E-state index contributed by atoms with van der Waals surface area (Å²) in [5, 5.41) is 0.